The molecule has 1 saturated heterocycles. The number of morpholine rings is 1. The Balaban J connectivity index is 1.16. The van der Waals surface area contributed by atoms with Crippen LogP contribution in [0.2, 0.25) is 0 Å². The van der Waals surface area contributed by atoms with Gasteiger partial charge in [0, 0.05) is 63.6 Å². The maximum absolute atomic E-state index is 13.6. The van der Waals surface area contributed by atoms with E-state index in [0.717, 1.165) is 58.5 Å². The first kappa shape index (κ1) is 26.0. The molecule has 200 valence electrons. The minimum absolute atomic E-state index is 0.0236. The lowest BCUT2D eigenvalue weighted by Gasteiger charge is -2.56. The summed E-state index contributed by atoms with van der Waals surface area (Å²) in [5, 5.41) is 0. The van der Waals surface area contributed by atoms with E-state index in [-0.39, 0.29) is 58.6 Å². The van der Waals surface area contributed by atoms with Crippen LogP contribution in [-0.2, 0) is 28.7 Å². The lowest BCUT2D eigenvalue weighted by Crippen LogP contribution is -2.57. The van der Waals surface area contributed by atoms with Crippen LogP contribution in [0.3, 0.4) is 0 Å². The molecule has 5 rings (SSSR count). The first-order valence-corrected chi connectivity index (χ1v) is 14.3. The second kappa shape index (κ2) is 10.6. The van der Waals surface area contributed by atoms with Crippen molar-refractivity contribution >= 4 is 23.3 Å². The summed E-state index contributed by atoms with van der Waals surface area (Å²) >= 11 is 0. The molecule has 0 spiro atoms. The lowest BCUT2D eigenvalue weighted by molar-refractivity contribution is -0.158. The molecule has 0 amide bonds. The Morgan fingerprint density at radius 3 is 2.61 bits per heavy atom. The van der Waals surface area contributed by atoms with E-state index in [2.05, 4.69) is 18.7 Å². The average molecular weight is 502 g/mol. The first-order chi connectivity index (χ1) is 17.3. The Kier molecular flexibility index (Phi) is 7.69. The maximum atomic E-state index is 13.6. The number of carbonyl (C=O) groups excluding carboxylic acids is 4. The zero-order chi connectivity index (χ0) is 25.4. The number of fused-ring (bicyclic) bond motifs is 5. The number of ketones is 3. The van der Waals surface area contributed by atoms with Gasteiger partial charge in [0.05, 0.1) is 13.2 Å². The number of carbonyl (C=O) groups is 4. The largest absolute Gasteiger partial charge is 0.464 e. The summed E-state index contributed by atoms with van der Waals surface area (Å²) in [6.45, 7) is 8.82. The number of nitrogens with zero attached hydrogens (tertiary/aromatic N) is 1. The molecular formula is C29H43NO6. The molecule has 1 unspecified atom stereocenters. The lowest BCUT2D eigenvalue weighted by atomic mass is 9.46. The number of rotatable bonds is 7. The predicted molar refractivity (Wildman–Crippen MR) is 133 cm³/mol. The van der Waals surface area contributed by atoms with Gasteiger partial charge in [0.2, 0.25) is 0 Å². The molecule has 5 fully saturated rings. The van der Waals surface area contributed by atoms with Gasteiger partial charge in [-0.25, -0.2) is 0 Å². The van der Waals surface area contributed by atoms with Gasteiger partial charge in [-0.3, -0.25) is 24.1 Å². The third kappa shape index (κ3) is 4.94. The van der Waals surface area contributed by atoms with Crippen LogP contribution in [0.15, 0.2) is 0 Å². The van der Waals surface area contributed by atoms with Gasteiger partial charge in [0.1, 0.15) is 24.0 Å². The van der Waals surface area contributed by atoms with Crippen LogP contribution in [0.4, 0.5) is 0 Å². The van der Waals surface area contributed by atoms with Crippen LogP contribution in [0.1, 0.15) is 71.6 Å². The van der Waals surface area contributed by atoms with Crippen molar-refractivity contribution in [1.29, 1.82) is 0 Å². The zero-order valence-electron chi connectivity index (χ0n) is 22.0. The predicted octanol–water partition coefficient (Wildman–Crippen LogP) is 3.47. The van der Waals surface area contributed by atoms with Crippen molar-refractivity contribution in [2.45, 2.75) is 71.6 Å². The maximum Gasteiger partial charge on any atom is 0.305 e. The Morgan fingerprint density at radius 2 is 1.83 bits per heavy atom. The number of hydrogen-bond acceptors (Lipinski definition) is 7. The van der Waals surface area contributed by atoms with Gasteiger partial charge < -0.3 is 9.47 Å². The number of esters is 1. The SMILES string of the molecule is CC(CCC(=O)OCCN1CCOCC1)[C@H]1CC[C@@H]2[C@@H]1C(=O)C[C@H]1[C@H]2C(=O)C[C@@H]2CC(=O)CC[C@@]21C. The Hall–Kier alpha value is -1.60. The molecule has 8 atom stereocenters. The van der Waals surface area contributed by atoms with Crippen molar-refractivity contribution in [3.63, 3.8) is 0 Å². The van der Waals surface area contributed by atoms with Crippen LogP contribution in [0.25, 0.3) is 0 Å². The molecule has 36 heavy (non-hydrogen) atoms. The van der Waals surface area contributed by atoms with Crippen molar-refractivity contribution in [1.82, 2.24) is 4.90 Å². The monoisotopic (exact) mass is 501 g/mol. The van der Waals surface area contributed by atoms with E-state index in [9.17, 15) is 19.2 Å². The van der Waals surface area contributed by atoms with Crippen molar-refractivity contribution < 1.29 is 28.7 Å². The number of Topliss-reactive ketones (excluding diaryl/α,β-unsaturated/α-hetero) is 3. The summed E-state index contributed by atoms with van der Waals surface area (Å²) < 4.78 is 10.8. The molecule has 1 aliphatic heterocycles. The number of ether oxygens (including phenoxy) is 2. The van der Waals surface area contributed by atoms with E-state index < -0.39 is 0 Å². The van der Waals surface area contributed by atoms with Crippen molar-refractivity contribution in [3.8, 4) is 0 Å². The standard InChI is InChI=1S/C29H43NO6/c1-18(3-6-26(34)36-14-11-30-9-12-35-13-10-30)21-4-5-22-27(21)25(33)17-23-28(22)24(32)16-19-15-20(31)7-8-29(19,23)2/h18-19,21-23,27-28H,3-17H2,1-2H3/t18?,19-,21+,22+,23-,27+,28-,29-/m0/s1. The number of hydrogen-bond donors (Lipinski definition) is 0. The molecule has 4 aliphatic carbocycles. The molecule has 0 bridgehead atoms. The normalized spacial score (nSPS) is 39.8. The van der Waals surface area contributed by atoms with E-state index in [1.807, 2.05) is 0 Å². The highest BCUT2D eigenvalue weighted by Crippen LogP contribution is 2.62. The van der Waals surface area contributed by atoms with Gasteiger partial charge in [-0.05, 0) is 60.7 Å². The first-order valence-electron chi connectivity index (χ1n) is 14.3. The highest BCUT2D eigenvalue weighted by molar-refractivity contribution is 5.91. The summed E-state index contributed by atoms with van der Waals surface area (Å²) in [7, 11) is 0. The van der Waals surface area contributed by atoms with Gasteiger partial charge in [-0.2, -0.15) is 0 Å². The van der Waals surface area contributed by atoms with Crippen molar-refractivity contribution in [2.75, 3.05) is 39.5 Å². The zero-order valence-corrected chi connectivity index (χ0v) is 22.0. The van der Waals surface area contributed by atoms with Crippen molar-refractivity contribution in [2.24, 2.45) is 46.8 Å². The Morgan fingerprint density at radius 1 is 1.08 bits per heavy atom. The van der Waals surface area contributed by atoms with Crippen LogP contribution >= 0.6 is 0 Å². The summed E-state index contributed by atoms with van der Waals surface area (Å²) in [4.78, 5) is 53.7. The molecule has 0 aromatic rings. The second-order valence-corrected chi connectivity index (χ2v) is 12.5. The minimum Gasteiger partial charge on any atom is -0.464 e. The Labute approximate surface area is 215 Å². The molecule has 0 aromatic carbocycles. The third-order valence-electron chi connectivity index (χ3n) is 10.8. The van der Waals surface area contributed by atoms with E-state index in [1.165, 1.54) is 0 Å². The van der Waals surface area contributed by atoms with Gasteiger partial charge in [-0.1, -0.05) is 13.8 Å². The summed E-state index contributed by atoms with van der Waals surface area (Å²) in [5.74, 6) is 1.53. The third-order valence-corrected chi connectivity index (χ3v) is 10.8. The van der Waals surface area contributed by atoms with Crippen molar-refractivity contribution in [3.05, 3.63) is 0 Å². The second-order valence-electron chi connectivity index (χ2n) is 12.5. The summed E-state index contributed by atoms with van der Waals surface area (Å²) in [6.07, 6.45) is 5.93. The van der Waals surface area contributed by atoms with Crippen LogP contribution in [-0.4, -0.2) is 67.7 Å². The highest BCUT2D eigenvalue weighted by Gasteiger charge is 2.61. The van der Waals surface area contributed by atoms with Gasteiger partial charge in [0.15, 0.2) is 0 Å². The van der Waals surface area contributed by atoms with Crippen LogP contribution in [0.5, 0.6) is 0 Å². The van der Waals surface area contributed by atoms with E-state index in [4.69, 9.17) is 9.47 Å². The molecule has 1 heterocycles. The highest BCUT2D eigenvalue weighted by atomic mass is 16.5. The Bertz CT molecular complexity index is 881. The van der Waals surface area contributed by atoms with Crippen LogP contribution < -0.4 is 0 Å². The van der Waals surface area contributed by atoms with Gasteiger partial charge in [-0.15, -0.1) is 0 Å². The molecule has 5 aliphatic rings. The smallest absolute Gasteiger partial charge is 0.305 e. The molecular weight excluding hydrogens is 458 g/mol. The topological polar surface area (TPSA) is 90.0 Å². The molecule has 0 aromatic heterocycles. The van der Waals surface area contributed by atoms with Crippen LogP contribution in [0, 0.1) is 46.8 Å². The summed E-state index contributed by atoms with van der Waals surface area (Å²) in [5.41, 5.74) is -0.0677. The fourth-order valence-electron chi connectivity index (χ4n) is 8.61. The molecule has 0 radical (unpaired) electrons. The molecule has 7 heteroatoms. The van der Waals surface area contributed by atoms with E-state index >= 15 is 0 Å². The van der Waals surface area contributed by atoms with Gasteiger partial charge in [0.25, 0.3) is 0 Å². The molecule has 4 saturated carbocycles. The van der Waals surface area contributed by atoms with E-state index in [1.54, 1.807) is 0 Å². The van der Waals surface area contributed by atoms with Gasteiger partial charge >= 0.3 is 5.97 Å². The fourth-order valence-corrected chi connectivity index (χ4v) is 8.61. The summed E-state index contributed by atoms with van der Waals surface area (Å²) in [6, 6.07) is 0. The molecule has 0 N–H and O–H groups in total. The minimum atomic E-state index is -0.159. The average Bonchev–Trinajstić information content (AvgIpc) is 3.31. The quantitative estimate of drug-likeness (QED) is 0.494. The molecule has 7 nitrogen and oxygen atoms in total. The van der Waals surface area contributed by atoms with E-state index in [0.29, 0.717) is 50.3 Å². The fraction of sp³-hybridized carbons (Fsp3) is 0.862.